The van der Waals surface area contributed by atoms with Gasteiger partial charge in [0.25, 0.3) is 0 Å². The number of nitrogens with zero attached hydrogens (tertiary/aromatic N) is 1. The Balaban J connectivity index is 1.90. The number of esters is 1. The van der Waals surface area contributed by atoms with Crippen molar-refractivity contribution in [3.8, 4) is 0 Å². The van der Waals surface area contributed by atoms with Gasteiger partial charge in [-0.15, -0.1) is 0 Å². The van der Waals surface area contributed by atoms with E-state index in [-0.39, 0.29) is 5.97 Å². The maximum atomic E-state index is 12.1. The van der Waals surface area contributed by atoms with Crippen LogP contribution in [0.1, 0.15) is 25.7 Å². The molecule has 2 fully saturated rings. The summed E-state index contributed by atoms with van der Waals surface area (Å²) in [5.41, 5.74) is -0.493. The van der Waals surface area contributed by atoms with E-state index in [9.17, 15) is 9.00 Å². The van der Waals surface area contributed by atoms with Crippen LogP contribution in [-0.4, -0.2) is 65.9 Å². The van der Waals surface area contributed by atoms with Gasteiger partial charge in [0.15, 0.2) is 0 Å². The average molecular weight is 302 g/mol. The van der Waals surface area contributed by atoms with Gasteiger partial charge in [0.1, 0.15) is 5.54 Å². The summed E-state index contributed by atoms with van der Waals surface area (Å²) in [7, 11) is 2.71. The molecule has 6 heteroatoms. The number of ether oxygens (including phenoxy) is 1. The molecule has 20 heavy (non-hydrogen) atoms. The van der Waals surface area contributed by atoms with Gasteiger partial charge >= 0.3 is 5.97 Å². The molecule has 1 aliphatic heterocycles. The van der Waals surface area contributed by atoms with E-state index in [4.69, 9.17) is 4.74 Å². The van der Waals surface area contributed by atoms with Crippen molar-refractivity contribution in [1.82, 2.24) is 10.2 Å². The van der Waals surface area contributed by atoms with Gasteiger partial charge in [-0.1, -0.05) is 6.42 Å². The van der Waals surface area contributed by atoms with Crippen molar-refractivity contribution in [2.75, 3.05) is 45.3 Å². The number of rotatable bonds is 5. The molecule has 1 N–H and O–H groups in total. The molecule has 0 spiro atoms. The zero-order chi connectivity index (χ0) is 14.6. The van der Waals surface area contributed by atoms with Gasteiger partial charge in [-0.2, -0.15) is 0 Å². The van der Waals surface area contributed by atoms with Gasteiger partial charge in [-0.05, 0) is 38.8 Å². The highest BCUT2D eigenvalue weighted by atomic mass is 32.2. The monoisotopic (exact) mass is 302 g/mol. The molecule has 0 aromatic carbocycles. The molecule has 2 unspecified atom stereocenters. The first kappa shape index (κ1) is 15.9. The molecule has 2 rings (SSSR count). The summed E-state index contributed by atoms with van der Waals surface area (Å²) in [4.78, 5) is 14.5. The van der Waals surface area contributed by atoms with Crippen LogP contribution >= 0.6 is 0 Å². The van der Waals surface area contributed by atoms with Gasteiger partial charge < -0.3 is 15.0 Å². The second-order valence-electron chi connectivity index (χ2n) is 5.78. The number of likely N-dealkylation sites (N-methyl/N-ethyl adjacent to an activating group) is 1. The van der Waals surface area contributed by atoms with Crippen molar-refractivity contribution in [3.63, 3.8) is 0 Å². The lowest BCUT2D eigenvalue weighted by molar-refractivity contribution is -0.150. The molecule has 1 aliphatic carbocycles. The van der Waals surface area contributed by atoms with E-state index in [1.165, 1.54) is 7.11 Å². The number of hydrogen-bond donors (Lipinski definition) is 1. The number of nitrogens with one attached hydrogen (secondary N) is 1. The molecule has 0 aromatic rings. The number of methoxy groups -OCH3 is 1. The minimum atomic E-state index is -0.620. The predicted octanol–water partition coefficient (Wildman–Crippen LogP) is 0.372. The Morgan fingerprint density at radius 1 is 1.45 bits per heavy atom. The van der Waals surface area contributed by atoms with Crippen LogP contribution in [0, 0.1) is 5.92 Å². The quantitative estimate of drug-likeness (QED) is 0.744. The van der Waals surface area contributed by atoms with Crippen LogP contribution in [-0.2, 0) is 20.3 Å². The smallest absolute Gasteiger partial charge is 0.326 e. The van der Waals surface area contributed by atoms with Crippen LogP contribution in [0.15, 0.2) is 0 Å². The largest absolute Gasteiger partial charge is 0.468 e. The first-order valence-corrected chi connectivity index (χ1v) is 8.96. The van der Waals surface area contributed by atoms with E-state index in [2.05, 4.69) is 10.2 Å². The van der Waals surface area contributed by atoms with Gasteiger partial charge in [0.05, 0.1) is 7.11 Å². The first-order chi connectivity index (χ1) is 9.62. The SMILES string of the molecule is CNC1(C(=O)OC)CCCC1CCN1CCS(=O)CC1. The molecule has 116 valence electrons. The Morgan fingerprint density at radius 3 is 2.75 bits per heavy atom. The van der Waals surface area contributed by atoms with Crippen LogP contribution < -0.4 is 5.32 Å². The van der Waals surface area contributed by atoms with Crippen molar-refractivity contribution in [2.45, 2.75) is 31.2 Å². The normalized spacial score (nSPS) is 32.4. The number of carbonyl (C=O) groups excluding carboxylic acids is 1. The van der Waals surface area contributed by atoms with Crippen molar-refractivity contribution in [2.24, 2.45) is 5.92 Å². The molecule has 2 atom stereocenters. The topological polar surface area (TPSA) is 58.6 Å². The van der Waals surface area contributed by atoms with Gasteiger partial charge in [0.2, 0.25) is 0 Å². The molecule has 5 nitrogen and oxygen atoms in total. The standard InChI is InChI=1S/C14H26N2O3S/c1-15-14(13(17)19-2)6-3-4-12(14)5-7-16-8-10-20(18)11-9-16/h12,15H,3-11H2,1-2H3. The summed E-state index contributed by atoms with van der Waals surface area (Å²) >= 11 is 0. The summed E-state index contributed by atoms with van der Waals surface area (Å²) in [5, 5.41) is 3.23. The Morgan fingerprint density at radius 2 is 2.15 bits per heavy atom. The minimum Gasteiger partial charge on any atom is -0.468 e. The molecule has 0 aromatic heterocycles. The third-order valence-corrected chi connectivity index (χ3v) is 6.16. The summed E-state index contributed by atoms with van der Waals surface area (Å²) < 4.78 is 16.4. The zero-order valence-corrected chi connectivity index (χ0v) is 13.3. The summed E-state index contributed by atoms with van der Waals surface area (Å²) in [5.74, 6) is 1.80. The lowest BCUT2D eigenvalue weighted by Crippen LogP contribution is -2.54. The average Bonchev–Trinajstić information content (AvgIpc) is 2.90. The highest BCUT2D eigenvalue weighted by molar-refractivity contribution is 7.85. The van der Waals surface area contributed by atoms with Crippen LogP contribution in [0.5, 0.6) is 0 Å². The minimum absolute atomic E-state index is 0.123. The van der Waals surface area contributed by atoms with E-state index < -0.39 is 16.3 Å². The van der Waals surface area contributed by atoms with E-state index in [0.29, 0.717) is 5.92 Å². The molecule has 1 heterocycles. The molecular formula is C14H26N2O3S. The van der Waals surface area contributed by atoms with E-state index in [0.717, 1.165) is 56.8 Å². The molecule has 1 saturated carbocycles. The van der Waals surface area contributed by atoms with E-state index >= 15 is 0 Å². The van der Waals surface area contributed by atoms with E-state index in [1.807, 2.05) is 7.05 Å². The molecule has 2 aliphatic rings. The van der Waals surface area contributed by atoms with Crippen molar-refractivity contribution in [3.05, 3.63) is 0 Å². The maximum Gasteiger partial charge on any atom is 0.326 e. The fraction of sp³-hybridized carbons (Fsp3) is 0.929. The summed E-state index contributed by atoms with van der Waals surface area (Å²) in [6, 6.07) is 0. The van der Waals surface area contributed by atoms with Crippen molar-refractivity contribution >= 4 is 16.8 Å². The fourth-order valence-electron chi connectivity index (χ4n) is 3.59. The maximum absolute atomic E-state index is 12.1. The van der Waals surface area contributed by atoms with Gasteiger partial charge in [-0.25, -0.2) is 0 Å². The summed E-state index contributed by atoms with van der Waals surface area (Å²) in [6.45, 7) is 2.83. The predicted molar refractivity (Wildman–Crippen MR) is 80.1 cm³/mol. The third kappa shape index (κ3) is 3.23. The first-order valence-electron chi connectivity index (χ1n) is 7.47. The van der Waals surface area contributed by atoms with Crippen LogP contribution in [0.4, 0.5) is 0 Å². The van der Waals surface area contributed by atoms with Crippen molar-refractivity contribution in [1.29, 1.82) is 0 Å². The Bertz CT molecular complexity index is 367. The third-order valence-electron chi connectivity index (χ3n) is 4.88. The molecule has 1 saturated heterocycles. The van der Waals surface area contributed by atoms with Crippen LogP contribution in [0.3, 0.4) is 0 Å². The zero-order valence-electron chi connectivity index (χ0n) is 12.5. The van der Waals surface area contributed by atoms with Crippen molar-refractivity contribution < 1.29 is 13.7 Å². The van der Waals surface area contributed by atoms with Gasteiger partial charge in [-0.3, -0.25) is 9.00 Å². The van der Waals surface area contributed by atoms with Crippen LogP contribution in [0.25, 0.3) is 0 Å². The highest BCUT2D eigenvalue weighted by Crippen LogP contribution is 2.38. The Kier molecular flexibility index (Phi) is 5.57. The molecular weight excluding hydrogens is 276 g/mol. The lowest BCUT2D eigenvalue weighted by Gasteiger charge is -2.34. The second kappa shape index (κ2) is 7.00. The lowest BCUT2D eigenvalue weighted by atomic mass is 9.84. The molecule has 0 amide bonds. The summed E-state index contributed by atoms with van der Waals surface area (Å²) in [6.07, 6.45) is 4.02. The Hall–Kier alpha value is -0.460. The number of carbonyl (C=O) groups is 1. The highest BCUT2D eigenvalue weighted by Gasteiger charge is 2.48. The fourth-order valence-corrected chi connectivity index (χ4v) is 4.72. The van der Waals surface area contributed by atoms with Crippen LogP contribution in [0.2, 0.25) is 0 Å². The Labute approximate surface area is 123 Å². The van der Waals surface area contributed by atoms with Gasteiger partial charge in [0, 0.05) is 35.4 Å². The van der Waals surface area contributed by atoms with E-state index in [1.54, 1.807) is 0 Å². The molecule has 0 radical (unpaired) electrons. The second-order valence-corrected chi connectivity index (χ2v) is 7.48. The molecule has 0 bridgehead atoms. The number of hydrogen-bond acceptors (Lipinski definition) is 5.